The summed E-state index contributed by atoms with van der Waals surface area (Å²) in [5.41, 5.74) is 1.29. The summed E-state index contributed by atoms with van der Waals surface area (Å²) in [6, 6.07) is 4.11. The Morgan fingerprint density at radius 1 is 1.38 bits per heavy atom. The minimum atomic E-state index is -0.0646. The quantitative estimate of drug-likeness (QED) is 0.844. The van der Waals surface area contributed by atoms with Gasteiger partial charge in [0.05, 0.1) is 6.61 Å². The number of nitrogens with zero attached hydrogens (tertiary/aromatic N) is 2. The lowest BCUT2D eigenvalue weighted by atomic mass is 9.90. The molecule has 1 fully saturated rings. The molecule has 0 saturated heterocycles. The Hall–Kier alpha value is -1.09. The normalized spacial score (nSPS) is 26.6. The molecule has 1 N–H and O–H groups in total. The number of pyridine rings is 1. The van der Waals surface area contributed by atoms with Gasteiger partial charge in [0.25, 0.3) is 0 Å². The molecular weight excluding hydrogens is 200 g/mol. The molecule has 1 aliphatic carbocycles. The summed E-state index contributed by atoms with van der Waals surface area (Å²) in [5.74, 6) is 0.954. The summed E-state index contributed by atoms with van der Waals surface area (Å²) in [7, 11) is 3.95. The van der Waals surface area contributed by atoms with E-state index in [2.05, 4.69) is 24.9 Å². The first-order chi connectivity index (χ1) is 7.43. The summed E-state index contributed by atoms with van der Waals surface area (Å²) >= 11 is 0. The molecule has 16 heavy (non-hydrogen) atoms. The number of hydrogen-bond donors (Lipinski definition) is 1. The van der Waals surface area contributed by atoms with Gasteiger partial charge >= 0.3 is 0 Å². The molecule has 1 unspecified atom stereocenters. The molecule has 1 atom stereocenters. The second-order valence-corrected chi connectivity index (χ2v) is 5.60. The molecule has 1 saturated carbocycles. The van der Waals surface area contributed by atoms with E-state index in [1.165, 1.54) is 0 Å². The van der Waals surface area contributed by atoms with Crippen molar-refractivity contribution < 1.29 is 5.11 Å². The highest BCUT2D eigenvalue weighted by Gasteiger charge is 2.61. The van der Waals surface area contributed by atoms with Gasteiger partial charge in [0.15, 0.2) is 0 Å². The van der Waals surface area contributed by atoms with E-state index in [1.807, 2.05) is 31.3 Å². The number of aliphatic hydroxyl groups excluding tert-OH is 1. The minimum Gasteiger partial charge on any atom is -0.395 e. The van der Waals surface area contributed by atoms with Crippen LogP contribution in [0.1, 0.15) is 25.8 Å². The number of anilines is 1. The molecule has 0 amide bonds. The molecule has 1 aromatic heterocycles. The average molecular weight is 220 g/mol. The molecule has 1 aliphatic rings. The van der Waals surface area contributed by atoms with Crippen LogP contribution in [0.2, 0.25) is 0 Å². The number of aliphatic hydroxyl groups is 1. The average Bonchev–Trinajstić information content (AvgIpc) is 2.82. The predicted molar refractivity (Wildman–Crippen MR) is 65.7 cm³/mol. The number of aromatic nitrogens is 1. The van der Waals surface area contributed by atoms with Crippen molar-refractivity contribution in [2.75, 3.05) is 25.6 Å². The van der Waals surface area contributed by atoms with Crippen LogP contribution in [0.4, 0.5) is 5.82 Å². The molecule has 0 radical (unpaired) electrons. The minimum absolute atomic E-state index is 0.0646. The molecule has 2 rings (SSSR count). The Morgan fingerprint density at radius 2 is 2.00 bits per heavy atom. The Balaban J connectivity index is 2.29. The van der Waals surface area contributed by atoms with Crippen molar-refractivity contribution >= 4 is 5.82 Å². The zero-order valence-corrected chi connectivity index (χ0v) is 10.5. The highest BCUT2D eigenvalue weighted by atomic mass is 16.3. The topological polar surface area (TPSA) is 36.4 Å². The van der Waals surface area contributed by atoms with E-state index in [4.69, 9.17) is 0 Å². The zero-order valence-electron chi connectivity index (χ0n) is 10.5. The summed E-state index contributed by atoms with van der Waals surface area (Å²) in [6.45, 7) is 4.61. The van der Waals surface area contributed by atoms with E-state index in [-0.39, 0.29) is 17.4 Å². The van der Waals surface area contributed by atoms with E-state index in [1.54, 1.807) is 0 Å². The Labute approximate surface area is 97.1 Å². The summed E-state index contributed by atoms with van der Waals surface area (Å²) in [4.78, 5) is 6.39. The van der Waals surface area contributed by atoms with Gasteiger partial charge in [0, 0.05) is 25.7 Å². The van der Waals surface area contributed by atoms with Gasteiger partial charge in [-0.05, 0) is 23.5 Å². The van der Waals surface area contributed by atoms with Crippen LogP contribution in [0.5, 0.6) is 0 Å². The van der Waals surface area contributed by atoms with Gasteiger partial charge in [-0.15, -0.1) is 0 Å². The van der Waals surface area contributed by atoms with Gasteiger partial charge in [-0.1, -0.05) is 19.9 Å². The third kappa shape index (κ3) is 1.50. The largest absolute Gasteiger partial charge is 0.395 e. The third-order valence-corrected chi connectivity index (χ3v) is 3.94. The van der Waals surface area contributed by atoms with Gasteiger partial charge in [-0.25, -0.2) is 4.98 Å². The van der Waals surface area contributed by atoms with Crippen LogP contribution < -0.4 is 4.90 Å². The van der Waals surface area contributed by atoms with Crippen LogP contribution in [-0.4, -0.2) is 30.8 Å². The molecule has 3 nitrogen and oxygen atoms in total. The van der Waals surface area contributed by atoms with Crippen LogP contribution in [0.15, 0.2) is 18.3 Å². The summed E-state index contributed by atoms with van der Waals surface area (Å²) in [5, 5.41) is 9.59. The van der Waals surface area contributed by atoms with E-state index < -0.39 is 0 Å². The number of rotatable bonds is 3. The van der Waals surface area contributed by atoms with Gasteiger partial charge in [-0.2, -0.15) is 0 Å². The zero-order chi connectivity index (χ0) is 12.0. The smallest absolute Gasteiger partial charge is 0.127 e. The van der Waals surface area contributed by atoms with Crippen LogP contribution in [-0.2, 0) is 5.41 Å². The molecule has 0 aliphatic heterocycles. The second kappa shape index (κ2) is 3.45. The Bertz CT molecular complexity index is 383. The van der Waals surface area contributed by atoms with Crippen molar-refractivity contribution in [1.29, 1.82) is 0 Å². The molecule has 1 aromatic rings. The first-order valence-electron chi connectivity index (χ1n) is 5.68. The van der Waals surface area contributed by atoms with E-state index in [0.29, 0.717) is 0 Å². The van der Waals surface area contributed by atoms with Gasteiger partial charge in [-0.3, -0.25) is 0 Å². The molecule has 0 spiro atoms. The molecular formula is C13H20N2O. The fourth-order valence-corrected chi connectivity index (χ4v) is 2.50. The van der Waals surface area contributed by atoms with Crippen LogP contribution in [0.3, 0.4) is 0 Å². The second-order valence-electron chi connectivity index (χ2n) is 5.60. The van der Waals surface area contributed by atoms with Crippen molar-refractivity contribution in [1.82, 2.24) is 4.98 Å². The van der Waals surface area contributed by atoms with E-state index >= 15 is 0 Å². The maximum absolute atomic E-state index is 9.59. The lowest BCUT2D eigenvalue weighted by Crippen LogP contribution is -2.20. The van der Waals surface area contributed by atoms with Crippen LogP contribution in [0.25, 0.3) is 0 Å². The van der Waals surface area contributed by atoms with Gasteiger partial charge < -0.3 is 10.0 Å². The van der Waals surface area contributed by atoms with Crippen LogP contribution in [0, 0.1) is 5.41 Å². The molecule has 1 heterocycles. The lowest BCUT2D eigenvalue weighted by Gasteiger charge is -2.19. The maximum Gasteiger partial charge on any atom is 0.127 e. The van der Waals surface area contributed by atoms with E-state index in [0.717, 1.165) is 17.8 Å². The van der Waals surface area contributed by atoms with Crippen molar-refractivity contribution in [3.63, 3.8) is 0 Å². The monoisotopic (exact) mass is 220 g/mol. The summed E-state index contributed by atoms with van der Waals surface area (Å²) < 4.78 is 0. The fourth-order valence-electron chi connectivity index (χ4n) is 2.50. The van der Waals surface area contributed by atoms with Gasteiger partial charge in [0.1, 0.15) is 5.82 Å². The van der Waals surface area contributed by atoms with Crippen molar-refractivity contribution in [2.45, 2.75) is 25.7 Å². The molecule has 0 aromatic carbocycles. The van der Waals surface area contributed by atoms with Crippen molar-refractivity contribution in [2.24, 2.45) is 5.41 Å². The first-order valence-corrected chi connectivity index (χ1v) is 5.68. The molecule has 0 bridgehead atoms. The van der Waals surface area contributed by atoms with Crippen molar-refractivity contribution in [3.05, 3.63) is 23.9 Å². The summed E-state index contributed by atoms with van der Waals surface area (Å²) in [6.07, 6.45) is 2.94. The Kier molecular flexibility index (Phi) is 2.46. The SMILES string of the molecule is CN(C)c1ccc(C2(CO)CC2(C)C)cn1. The molecule has 88 valence electrons. The Morgan fingerprint density at radius 3 is 2.31 bits per heavy atom. The van der Waals surface area contributed by atoms with E-state index in [9.17, 15) is 5.11 Å². The third-order valence-electron chi connectivity index (χ3n) is 3.94. The lowest BCUT2D eigenvalue weighted by molar-refractivity contribution is 0.231. The highest BCUT2D eigenvalue weighted by Crippen LogP contribution is 2.63. The van der Waals surface area contributed by atoms with Crippen LogP contribution >= 0.6 is 0 Å². The van der Waals surface area contributed by atoms with Crippen molar-refractivity contribution in [3.8, 4) is 0 Å². The molecule has 3 heteroatoms. The first kappa shape index (κ1) is 11.4. The highest BCUT2D eigenvalue weighted by molar-refractivity contribution is 5.42. The standard InChI is InChI=1S/C13H20N2O/c1-12(2)8-13(12,9-16)10-5-6-11(14-7-10)15(3)4/h5-7,16H,8-9H2,1-4H3. The maximum atomic E-state index is 9.59. The number of hydrogen-bond acceptors (Lipinski definition) is 3. The van der Waals surface area contributed by atoms with Gasteiger partial charge in [0.2, 0.25) is 0 Å². The predicted octanol–water partition coefficient (Wildman–Crippen LogP) is 1.81. The fraction of sp³-hybridized carbons (Fsp3) is 0.615.